The number of carbonyl (C=O) groups excluding carboxylic acids is 2. The van der Waals surface area contributed by atoms with Gasteiger partial charge in [-0.2, -0.15) is 0 Å². The molecule has 0 radical (unpaired) electrons. The van der Waals surface area contributed by atoms with E-state index in [1.165, 1.54) is 22.2 Å². The second-order valence-corrected chi connectivity index (χ2v) is 8.99. The van der Waals surface area contributed by atoms with Crippen molar-refractivity contribution < 1.29 is 19.1 Å². The van der Waals surface area contributed by atoms with Crippen molar-refractivity contribution in [1.82, 2.24) is 4.90 Å². The minimum Gasteiger partial charge on any atom is -0.489 e. The molecular weight excluding hydrogens is 460 g/mol. The highest BCUT2D eigenvalue weighted by Crippen LogP contribution is 2.33. The van der Waals surface area contributed by atoms with Crippen LogP contribution in [0.1, 0.15) is 34.0 Å². The van der Waals surface area contributed by atoms with Crippen LogP contribution in [0.3, 0.4) is 0 Å². The number of carbonyl (C=O) groups is 2. The van der Waals surface area contributed by atoms with E-state index in [0.29, 0.717) is 34.5 Å². The molecule has 1 heterocycles. The normalized spacial score (nSPS) is 15.6. The highest BCUT2D eigenvalue weighted by atomic mass is 32.2. The van der Waals surface area contributed by atoms with Crippen LogP contribution in [-0.2, 0) is 16.1 Å². The first-order valence-corrected chi connectivity index (χ1v) is 12.1. The van der Waals surface area contributed by atoms with Crippen molar-refractivity contribution in [3.63, 3.8) is 0 Å². The van der Waals surface area contributed by atoms with Crippen LogP contribution in [0.5, 0.6) is 5.75 Å². The van der Waals surface area contributed by atoms with E-state index in [2.05, 4.69) is 36.2 Å². The summed E-state index contributed by atoms with van der Waals surface area (Å²) < 4.78 is 10.9. The number of esters is 1. The van der Waals surface area contributed by atoms with E-state index < -0.39 is 0 Å². The lowest BCUT2D eigenvalue weighted by Crippen LogP contribution is -2.23. The second kappa shape index (κ2) is 11.1. The number of ether oxygens (including phenoxy) is 2. The molecule has 0 saturated carbocycles. The van der Waals surface area contributed by atoms with Crippen LogP contribution in [0.4, 0.5) is 5.69 Å². The average molecular weight is 487 g/mol. The smallest absolute Gasteiger partial charge is 0.338 e. The largest absolute Gasteiger partial charge is 0.489 e. The Morgan fingerprint density at radius 3 is 2.34 bits per heavy atom. The second-order valence-electron chi connectivity index (χ2n) is 7.98. The van der Waals surface area contributed by atoms with Gasteiger partial charge in [-0.1, -0.05) is 42.0 Å². The van der Waals surface area contributed by atoms with E-state index in [1.807, 2.05) is 30.3 Å². The third-order valence-corrected chi connectivity index (χ3v) is 6.37. The molecule has 0 aliphatic carbocycles. The Hall–Kier alpha value is -3.84. The van der Waals surface area contributed by atoms with Crippen molar-refractivity contribution in [3.05, 3.63) is 100.0 Å². The van der Waals surface area contributed by atoms with Gasteiger partial charge in [-0.3, -0.25) is 9.69 Å². The van der Waals surface area contributed by atoms with Crippen LogP contribution in [-0.4, -0.2) is 35.6 Å². The molecule has 1 amide bonds. The summed E-state index contributed by atoms with van der Waals surface area (Å²) in [5.41, 5.74) is 4.34. The predicted octanol–water partition coefficient (Wildman–Crippen LogP) is 5.98. The van der Waals surface area contributed by atoms with Crippen molar-refractivity contribution >= 4 is 40.6 Å². The Bertz CT molecular complexity index is 1260. The Kier molecular flexibility index (Phi) is 7.67. The van der Waals surface area contributed by atoms with Gasteiger partial charge in [-0.05, 0) is 79.2 Å². The van der Waals surface area contributed by atoms with Gasteiger partial charge in [-0.25, -0.2) is 9.79 Å². The van der Waals surface area contributed by atoms with Gasteiger partial charge in [0, 0.05) is 7.05 Å². The molecule has 3 aromatic rings. The maximum absolute atomic E-state index is 12.7. The predicted molar refractivity (Wildman–Crippen MR) is 140 cm³/mol. The Balaban J connectivity index is 1.41. The fourth-order valence-corrected chi connectivity index (χ4v) is 4.30. The van der Waals surface area contributed by atoms with Crippen molar-refractivity contribution in [3.8, 4) is 5.75 Å². The van der Waals surface area contributed by atoms with Gasteiger partial charge in [-0.15, -0.1) is 0 Å². The number of likely N-dealkylation sites (N-methyl/N-ethyl adjacent to an activating group) is 1. The third-order valence-electron chi connectivity index (χ3n) is 5.31. The number of amidine groups is 1. The Morgan fingerprint density at radius 2 is 1.69 bits per heavy atom. The number of nitrogens with zero attached hydrogens (tertiary/aromatic N) is 2. The number of benzene rings is 3. The van der Waals surface area contributed by atoms with Crippen LogP contribution >= 0.6 is 11.8 Å². The maximum atomic E-state index is 12.7. The topological polar surface area (TPSA) is 68.2 Å². The first-order chi connectivity index (χ1) is 16.9. The molecule has 0 bridgehead atoms. The summed E-state index contributed by atoms with van der Waals surface area (Å²) in [4.78, 5) is 31.2. The van der Waals surface area contributed by atoms with E-state index in [9.17, 15) is 9.59 Å². The molecular formula is C28H26N2O4S. The fraction of sp³-hybridized carbons (Fsp3) is 0.179. The summed E-state index contributed by atoms with van der Waals surface area (Å²) in [5.74, 6) is 0.284. The number of hydrogen-bond donors (Lipinski definition) is 0. The lowest BCUT2D eigenvalue weighted by Gasteiger charge is -2.07. The highest BCUT2D eigenvalue weighted by molar-refractivity contribution is 8.18. The monoisotopic (exact) mass is 486 g/mol. The van der Waals surface area contributed by atoms with Crippen LogP contribution in [0.25, 0.3) is 6.08 Å². The van der Waals surface area contributed by atoms with Gasteiger partial charge in [0.25, 0.3) is 5.91 Å². The number of thioether (sulfide) groups is 1. The van der Waals surface area contributed by atoms with Crippen molar-refractivity contribution in [1.29, 1.82) is 0 Å². The summed E-state index contributed by atoms with van der Waals surface area (Å²) in [5, 5.41) is 0.572. The molecule has 0 unspecified atom stereocenters. The van der Waals surface area contributed by atoms with Crippen LogP contribution in [0.15, 0.2) is 82.7 Å². The van der Waals surface area contributed by atoms with E-state index in [0.717, 1.165) is 16.9 Å². The third kappa shape index (κ3) is 6.19. The molecule has 1 aliphatic heterocycles. The average Bonchev–Trinajstić information content (AvgIpc) is 3.12. The standard InChI is InChI=1S/C28H26N2O4S/c1-4-33-27(32)22-11-13-23(14-12-22)29-28-30(3)26(31)25(35-28)17-20-9-15-24(16-10-20)34-18-21-7-5-19(2)6-8-21/h5-17H,4,18H2,1-3H3/b25-17-,29-28?. The number of aryl methyl sites for hydroxylation is 1. The lowest BCUT2D eigenvalue weighted by atomic mass is 10.1. The maximum Gasteiger partial charge on any atom is 0.338 e. The molecule has 178 valence electrons. The number of rotatable bonds is 7. The van der Waals surface area contributed by atoms with Gasteiger partial charge >= 0.3 is 5.97 Å². The van der Waals surface area contributed by atoms with Gasteiger partial charge in [0.2, 0.25) is 0 Å². The number of amides is 1. The zero-order valence-corrected chi connectivity index (χ0v) is 20.7. The van der Waals surface area contributed by atoms with Gasteiger partial charge in [0.05, 0.1) is 22.8 Å². The first-order valence-electron chi connectivity index (χ1n) is 11.2. The van der Waals surface area contributed by atoms with Crippen LogP contribution in [0, 0.1) is 6.92 Å². The van der Waals surface area contributed by atoms with Crippen LogP contribution in [0.2, 0.25) is 0 Å². The SMILES string of the molecule is CCOC(=O)c1ccc(N=C2S/C(=C\c3ccc(OCc4ccc(C)cc4)cc3)C(=O)N2C)cc1. The number of aliphatic imine (C=N–C) groups is 1. The summed E-state index contributed by atoms with van der Waals surface area (Å²) in [7, 11) is 1.70. The van der Waals surface area contributed by atoms with E-state index in [-0.39, 0.29) is 11.9 Å². The van der Waals surface area contributed by atoms with E-state index in [1.54, 1.807) is 38.2 Å². The quantitative estimate of drug-likeness (QED) is 0.303. The molecule has 0 spiro atoms. The van der Waals surface area contributed by atoms with E-state index in [4.69, 9.17) is 9.47 Å². The molecule has 1 saturated heterocycles. The van der Waals surface area contributed by atoms with E-state index >= 15 is 0 Å². The Morgan fingerprint density at radius 1 is 1.00 bits per heavy atom. The molecule has 7 heteroatoms. The highest BCUT2D eigenvalue weighted by Gasteiger charge is 2.30. The lowest BCUT2D eigenvalue weighted by molar-refractivity contribution is -0.121. The molecule has 3 aromatic carbocycles. The molecule has 1 fully saturated rings. The molecule has 0 atom stereocenters. The summed E-state index contributed by atoms with van der Waals surface area (Å²) in [6.45, 7) is 4.65. The minimum absolute atomic E-state index is 0.114. The molecule has 4 rings (SSSR count). The molecule has 6 nitrogen and oxygen atoms in total. The molecule has 35 heavy (non-hydrogen) atoms. The first kappa shape index (κ1) is 24.3. The fourth-order valence-electron chi connectivity index (χ4n) is 3.31. The molecule has 1 aliphatic rings. The molecule has 0 aromatic heterocycles. The van der Waals surface area contributed by atoms with Gasteiger partial charge in [0.1, 0.15) is 12.4 Å². The zero-order valence-electron chi connectivity index (χ0n) is 19.9. The van der Waals surface area contributed by atoms with Crippen molar-refractivity contribution in [2.45, 2.75) is 20.5 Å². The van der Waals surface area contributed by atoms with Gasteiger partial charge in [0.15, 0.2) is 5.17 Å². The van der Waals surface area contributed by atoms with Gasteiger partial charge < -0.3 is 9.47 Å². The Labute approximate surface area is 209 Å². The number of hydrogen-bond acceptors (Lipinski definition) is 6. The van der Waals surface area contributed by atoms with Crippen molar-refractivity contribution in [2.75, 3.05) is 13.7 Å². The van der Waals surface area contributed by atoms with Crippen molar-refractivity contribution in [2.24, 2.45) is 4.99 Å². The minimum atomic E-state index is -0.369. The summed E-state index contributed by atoms with van der Waals surface area (Å²) in [6.07, 6.45) is 1.85. The summed E-state index contributed by atoms with van der Waals surface area (Å²) in [6, 6.07) is 22.7. The van der Waals surface area contributed by atoms with Crippen LogP contribution < -0.4 is 4.74 Å². The summed E-state index contributed by atoms with van der Waals surface area (Å²) >= 11 is 1.31. The zero-order chi connectivity index (χ0) is 24.8. The molecule has 0 N–H and O–H groups in total.